The van der Waals surface area contributed by atoms with Crippen LogP contribution in [0.25, 0.3) is 22.0 Å². The van der Waals surface area contributed by atoms with E-state index in [1.54, 1.807) is 12.1 Å². The Morgan fingerprint density at radius 2 is 1.82 bits per heavy atom. The SMILES string of the molecule is CC(=O)N1N=C(c2c(-c3ccccc3)c3ccc(C)cc3[nH]c2=O)CC1c1cccc(F)c1. The zero-order valence-electron chi connectivity index (χ0n) is 18.3. The minimum Gasteiger partial charge on any atom is -0.321 e. The Morgan fingerprint density at radius 3 is 2.55 bits per heavy atom. The Bertz CT molecular complexity index is 1470. The second-order valence-corrected chi connectivity index (χ2v) is 8.30. The molecule has 0 bridgehead atoms. The summed E-state index contributed by atoms with van der Waals surface area (Å²) in [4.78, 5) is 28.8. The molecule has 1 amide bonds. The first-order valence-electron chi connectivity index (χ1n) is 10.8. The van der Waals surface area contributed by atoms with Crippen molar-refractivity contribution < 1.29 is 9.18 Å². The summed E-state index contributed by atoms with van der Waals surface area (Å²) in [7, 11) is 0. The molecule has 0 radical (unpaired) electrons. The highest BCUT2D eigenvalue weighted by atomic mass is 19.1. The number of H-pyrrole nitrogens is 1. The van der Waals surface area contributed by atoms with Gasteiger partial charge in [0.25, 0.3) is 5.56 Å². The first-order chi connectivity index (χ1) is 15.9. The molecule has 164 valence electrons. The largest absolute Gasteiger partial charge is 0.321 e. The van der Waals surface area contributed by atoms with Crippen LogP contribution in [0.3, 0.4) is 0 Å². The van der Waals surface area contributed by atoms with Crippen molar-refractivity contribution in [2.45, 2.75) is 26.3 Å². The zero-order chi connectivity index (χ0) is 23.1. The van der Waals surface area contributed by atoms with Crippen LogP contribution in [0.1, 0.15) is 36.1 Å². The number of amides is 1. The Balaban J connectivity index is 1.74. The van der Waals surface area contributed by atoms with Crippen LogP contribution in [-0.4, -0.2) is 21.6 Å². The van der Waals surface area contributed by atoms with Gasteiger partial charge in [0.2, 0.25) is 5.91 Å². The quantitative estimate of drug-likeness (QED) is 0.468. The number of benzene rings is 3. The third-order valence-corrected chi connectivity index (χ3v) is 5.99. The van der Waals surface area contributed by atoms with E-state index in [1.807, 2.05) is 55.5 Å². The summed E-state index contributed by atoms with van der Waals surface area (Å²) in [6, 6.07) is 21.3. The topological polar surface area (TPSA) is 65.5 Å². The third kappa shape index (κ3) is 3.74. The van der Waals surface area contributed by atoms with Gasteiger partial charge >= 0.3 is 0 Å². The normalized spacial score (nSPS) is 15.7. The number of hydrogen-bond donors (Lipinski definition) is 1. The molecule has 1 aliphatic rings. The predicted molar refractivity (Wildman–Crippen MR) is 128 cm³/mol. The number of rotatable bonds is 3. The summed E-state index contributed by atoms with van der Waals surface area (Å²) in [5, 5.41) is 6.82. The van der Waals surface area contributed by atoms with Crippen molar-refractivity contribution >= 4 is 22.5 Å². The summed E-state index contributed by atoms with van der Waals surface area (Å²) >= 11 is 0. The van der Waals surface area contributed by atoms with Crippen LogP contribution >= 0.6 is 0 Å². The number of fused-ring (bicyclic) bond motifs is 1. The van der Waals surface area contributed by atoms with Crippen molar-refractivity contribution in [1.82, 2.24) is 9.99 Å². The fourth-order valence-electron chi connectivity index (χ4n) is 4.52. The van der Waals surface area contributed by atoms with Crippen LogP contribution in [-0.2, 0) is 4.79 Å². The lowest BCUT2D eigenvalue weighted by molar-refractivity contribution is -0.130. The first kappa shape index (κ1) is 20.8. The van der Waals surface area contributed by atoms with Gasteiger partial charge in [-0.05, 0) is 41.8 Å². The number of nitrogens with one attached hydrogen (secondary N) is 1. The lowest BCUT2D eigenvalue weighted by atomic mass is 9.90. The molecule has 0 aliphatic carbocycles. The lowest BCUT2D eigenvalue weighted by Gasteiger charge is -2.20. The van der Waals surface area contributed by atoms with Gasteiger partial charge in [-0.15, -0.1) is 0 Å². The Labute approximate surface area is 190 Å². The number of halogens is 1. The molecule has 5 rings (SSSR count). The maximum atomic E-state index is 13.9. The molecule has 2 heterocycles. The van der Waals surface area contributed by atoms with Crippen molar-refractivity contribution in [3.63, 3.8) is 0 Å². The van der Waals surface area contributed by atoms with Crippen LogP contribution in [0.2, 0.25) is 0 Å². The summed E-state index contributed by atoms with van der Waals surface area (Å²) in [5.41, 5.74) is 4.75. The van der Waals surface area contributed by atoms with Gasteiger partial charge in [0.05, 0.1) is 17.3 Å². The number of hydrogen-bond acceptors (Lipinski definition) is 3. The highest BCUT2D eigenvalue weighted by Crippen LogP contribution is 2.37. The number of aromatic nitrogens is 1. The Kier molecular flexibility index (Phi) is 5.13. The van der Waals surface area contributed by atoms with E-state index in [-0.39, 0.29) is 17.3 Å². The van der Waals surface area contributed by atoms with Crippen molar-refractivity contribution in [2.24, 2.45) is 5.10 Å². The highest BCUT2D eigenvalue weighted by Gasteiger charge is 2.34. The number of pyridine rings is 1. The molecule has 0 fully saturated rings. The van der Waals surface area contributed by atoms with Gasteiger partial charge in [0, 0.05) is 29.8 Å². The predicted octanol–water partition coefficient (Wildman–Crippen LogP) is 5.34. The molecular weight excluding hydrogens is 417 g/mol. The fraction of sp³-hybridized carbons (Fsp3) is 0.148. The second-order valence-electron chi connectivity index (χ2n) is 8.30. The lowest BCUT2D eigenvalue weighted by Crippen LogP contribution is -2.24. The number of carbonyl (C=O) groups excluding carboxylic acids is 1. The Morgan fingerprint density at radius 1 is 1.03 bits per heavy atom. The fourth-order valence-corrected chi connectivity index (χ4v) is 4.52. The molecule has 0 saturated heterocycles. The van der Waals surface area contributed by atoms with Gasteiger partial charge in [0.15, 0.2) is 0 Å². The molecule has 3 aromatic carbocycles. The number of carbonyl (C=O) groups is 1. The highest BCUT2D eigenvalue weighted by molar-refractivity contribution is 6.12. The van der Waals surface area contributed by atoms with Gasteiger partial charge in [-0.1, -0.05) is 54.6 Å². The van der Waals surface area contributed by atoms with Crippen LogP contribution in [0.5, 0.6) is 0 Å². The van der Waals surface area contributed by atoms with E-state index in [1.165, 1.54) is 24.1 Å². The van der Waals surface area contributed by atoms with E-state index in [4.69, 9.17) is 0 Å². The molecule has 5 nitrogen and oxygen atoms in total. The molecule has 0 spiro atoms. The maximum absolute atomic E-state index is 13.9. The smallest absolute Gasteiger partial charge is 0.258 e. The van der Waals surface area contributed by atoms with Gasteiger partial charge in [-0.2, -0.15) is 5.10 Å². The summed E-state index contributed by atoms with van der Waals surface area (Å²) in [5.74, 6) is -0.651. The van der Waals surface area contributed by atoms with E-state index in [2.05, 4.69) is 10.1 Å². The average molecular weight is 439 g/mol. The third-order valence-electron chi connectivity index (χ3n) is 5.99. The van der Waals surface area contributed by atoms with Gasteiger partial charge in [0.1, 0.15) is 5.82 Å². The molecule has 1 N–H and O–H groups in total. The van der Waals surface area contributed by atoms with Crippen LogP contribution < -0.4 is 5.56 Å². The van der Waals surface area contributed by atoms with E-state index < -0.39 is 6.04 Å². The molecule has 1 aromatic heterocycles. The molecule has 1 unspecified atom stereocenters. The Hall–Kier alpha value is -4.06. The van der Waals surface area contributed by atoms with E-state index in [9.17, 15) is 14.0 Å². The van der Waals surface area contributed by atoms with Crippen LogP contribution in [0, 0.1) is 12.7 Å². The molecule has 0 saturated carbocycles. The maximum Gasteiger partial charge on any atom is 0.258 e. The number of aromatic amines is 1. The van der Waals surface area contributed by atoms with E-state index in [0.717, 1.165) is 27.6 Å². The minimum absolute atomic E-state index is 0.269. The molecule has 1 aliphatic heterocycles. The minimum atomic E-state index is -0.482. The molecular formula is C27H22FN3O2. The monoisotopic (exact) mass is 439 g/mol. The van der Waals surface area contributed by atoms with Crippen molar-refractivity contribution in [3.8, 4) is 11.1 Å². The van der Waals surface area contributed by atoms with Gasteiger partial charge in [-0.25, -0.2) is 9.40 Å². The van der Waals surface area contributed by atoms with Gasteiger partial charge in [-0.3, -0.25) is 9.59 Å². The molecule has 33 heavy (non-hydrogen) atoms. The second kappa shape index (κ2) is 8.13. The molecule has 6 heteroatoms. The standard InChI is InChI=1S/C27H22FN3O2/c1-16-11-12-21-22(13-16)29-27(33)26(25(21)18-7-4-3-5-8-18)23-15-24(31(30-23)17(2)32)19-9-6-10-20(28)14-19/h3-14,24H,15H2,1-2H3,(H,29,33). The van der Waals surface area contributed by atoms with Gasteiger partial charge < -0.3 is 4.98 Å². The van der Waals surface area contributed by atoms with Crippen LogP contribution in [0.4, 0.5) is 4.39 Å². The van der Waals surface area contributed by atoms with Crippen molar-refractivity contribution in [2.75, 3.05) is 0 Å². The van der Waals surface area contributed by atoms with E-state index >= 15 is 0 Å². The first-order valence-corrected chi connectivity index (χ1v) is 10.8. The van der Waals surface area contributed by atoms with Crippen molar-refractivity contribution in [1.29, 1.82) is 0 Å². The molecule has 4 aromatic rings. The average Bonchev–Trinajstić information content (AvgIpc) is 3.24. The summed E-state index contributed by atoms with van der Waals surface area (Å²) < 4.78 is 13.9. The number of aryl methyl sites for hydroxylation is 1. The number of hydrazone groups is 1. The summed E-state index contributed by atoms with van der Waals surface area (Å²) in [6.45, 7) is 3.40. The zero-order valence-corrected chi connectivity index (χ0v) is 18.3. The van der Waals surface area contributed by atoms with E-state index in [0.29, 0.717) is 23.3 Å². The molecule has 1 atom stereocenters. The van der Waals surface area contributed by atoms with Crippen molar-refractivity contribution in [3.05, 3.63) is 106 Å². The van der Waals surface area contributed by atoms with Crippen LogP contribution in [0.15, 0.2) is 82.7 Å². The summed E-state index contributed by atoms with van der Waals surface area (Å²) in [6.07, 6.45) is 0.309. The number of nitrogens with zero attached hydrogens (tertiary/aromatic N) is 2.